The van der Waals surface area contributed by atoms with Gasteiger partial charge in [0, 0.05) is 25.4 Å². The second-order valence-electron chi connectivity index (χ2n) is 5.41. The van der Waals surface area contributed by atoms with Crippen LogP contribution in [0, 0.1) is 0 Å². The third-order valence-corrected chi connectivity index (χ3v) is 5.15. The Bertz CT molecular complexity index is 835. The van der Waals surface area contributed by atoms with E-state index in [0.717, 1.165) is 24.1 Å². The number of rotatable bonds is 3. The summed E-state index contributed by atoms with van der Waals surface area (Å²) in [4.78, 5) is 17.4. The molecule has 6 nitrogen and oxygen atoms in total. The summed E-state index contributed by atoms with van der Waals surface area (Å²) in [6.45, 7) is 2.19. The van der Waals surface area contributed by atoms with E-state index in [1.807, 2.05) is 0 Å². The number of aryl methyl sites for hydroxylation is 1. The van der Waals surface area contributed by atoms with Gasteiger partial charge >= 0.3 is 0 Å². The van der Waals surface area contributed by atoms with E-state index in [0.29, 0.717) is 12.2 Å². The highest BCUT2D eigenvalue weighted by Crippen LogP contribution is 2.30. The van der Waals surface area contributed by atoms with Crippen LogP contribution in [0.3, 0.4) is 0 Å². The summed E-state index contributed by atoms with van der Waals surface area (Å²) in [6.07, 6.45) is 4.61. The van der Waals surface area contributed by atoms with Gasteiger partial charge in [0.1, 0.15) is 0 Å². The number of benzene rings is 1. The summed E-state index contributed by atoms with van der Waals surface area (Å²) in [5.74, 6) is -0.0324. The minimum Gasteiger partial charge on any atom is -0.312 e. The Balaban J connectivity index is 1.94. The van der Waals surface area contributed by atoms with E-state index >= 15 is 0 Å². The fourth-order valence-electron chi connectivity index (χ4n) is 2.70. The van der Waals surface area contributed by atoms with E-state index in [4.69, 9.17) is 0 Å². The Morgan fingerprint density at radius 1 is 1.30 bits per heavy atom. The molecule has 0 atom stereocenters. The molecule has 1 aromatic heterocycles. The molecule has 23 heavy (non-hydrogen) atoms. The van der Waals surface area contributed by atoms with E-state index in [1.165, 1.54) is 19.2 Å². The van der Waals surface area contributed by atoms with Crippen molar-refractivity contribution in [1.82, 2.24) is 4.98 Å². The van der Waals surface area contributed by atoms with E-state index in [2.05, 4.69) is 9.71 Å². The van der Waals surface area contributed by atoms with E-state index in [-0.39, 0.29) is 10.8 Å². The number of hydrogen-bond donors (Lipinski definition) is 1. The minimum absolute atomic E-state index is 0.0324. The van der Waals surface area contributed by atoms with Gasteiger partial charge in [-0.1, -0.05) is 0 Å². The average molecular weight is 331 g/mol. The summed E-state index contributed by atoms with van der Waals surface area (Å²) < 4.78 is 27.5. The zero-order chi connectivity index (χ0) is 16.4. The lowest BCUT2D eigenvalue weighted by Gasteiger charge is -2.28. The maximum atomic E-state index is 12.5. The van der Waals surface area contributed by atoms with Crippen LogP contribution in [0.5, 0.6) is 0 Å². The number of nitrogens with zero attached hydrogens (tertiary/aromatic N) is 2. The first kappa shape index (κ1) is 15.5. The van der Waals surface area contributed by atoms with Gasteiger partial charge in [0.15, 0.2) is 0 Å². The number of sulfonamides is 1. The zero-order valence-corrected chi connectivity index (χ0v) is 13.5. The number of fused-ring (bicyclic) bond motifs is 1. The molecule has 1 N–H and O–H groups in total. The highest BCUT2D eigenvalue weighted by atomic mass is 32.2. The van der Waals surface area contributed by atoms with Crippen molar-refractivity contribution in [1.29, 1.82) is 0 Å². The van der Waals surface area contributed by atoms with Gasteiger partial charge in [-0.2, -0.15) is 0 Å². The van der Waals surface area contributed by atoms with Gasteiger partial charge in [0.2, 0.25) is 5.91 Å². The van der Waals surface area contributed by atoms with Crippen molar-refractivity contribution >= 4 is 27.3 Å². The Labute approximate surface area is 135 Å². The molecule has 3 rings (SSSR count). The van der Waals surface area contributed by atoms with Crippen molar-refractivity contribution in [2.45, 2.75) is 24.7 Å². The van der Waals surface area contributed by atoms with Gasteiger partial charge < -0.3 is 4.90 Å². The first-order chi connectivity index (χ1) is 11.0. The van der Waals surface area contributed by atoms with Gasteiger partial charge in [-0.25, -0.2) is 8.42 Å². The van der Waals surface area contributed by atoms with Gasteiger partial charge in [-0.05, 0) is 48.7 Å². The molecule has 2 aromatic rings. The summed E-state index contributed by atoms with van der Waals surface area (Å²) in [6, 6.07) is 8.17. The van der Waals surface area contributed by atoms with Crippen molar-refractivity contribution in [3.05, 3.63) is 48.3 Å². The van der Waals surface area contributed by atoms with Crippen LogP contribution in [0.2, 0.25) is 0 Å². The number of hydrogen-bond acceptors (Lipinski definition) is 4. The third kappa shape index (κ3) is 3.19. The molecule has 0 bridgehead atoms. The molecule has 120 valence electrons. The second-order valence-corrected chi connectivity index (χ2v) is 7.09. The van der Waals surface area contributed by atoms with Crippen LogP contribution in [0.4, 0.5) is 11.4 Å². The molecular formula is C16H17N3O3S. The molecule has 1 amide bonds. The van der Waals surface area contributed by atoms with Crippen LogP contribution in [0.1, 0.15) is 18.9 Å². The van der Waals surface area contributed by atoms with E-state index in [1.54, 1.807) is 35.4 Å². The number of carbonyl (C=O) groups is 1. The lowest BCUT2D eigenvalue weighted by molar-refractivity contribution is -0.116. The molecule has 1 aliphatic rings. The molecule has 1 aromatic carbocycles. The summed E-state index contributed by atoms with van der Waals surface area (Å²) in [5, 5.41) is 0. The fourth-order valence-corrected chi connectivity index (χ4v) is 3.80. The Morgan fingerprint density at radius 2 is 2.13 bits per heavy atom. The van der Waals surface area contributed by atoms with Crippen molar-refractivity contribution in [3.8, 4) is 0 Å². The molecule has 0 saturated heterocycles. The first-order valence-corrected chi connectivity index (χ1v) is 8.79. The van der Waals surface area contributed by atoms with Crippen LogP contribution >= 0.6 is 0 Å². The molecule has 1 aliphatic heterocycles. The van der Waals surface area contributed by atoms with Gasteiger partial charge in [0.25, 0.3) is 10.0 Å². The molecule has 7 heteroatoms. The number of anilines is 2. The number of pyridine rings is 1. The Hall–Kier alpha value is -2.41. The van der Waals surface area contributed by atoms with Gasteiger partial charge in [-0.15, -0.1) is 0 Å². The third-order valence-electron chi connectivity index (χ3n) is 3.77. The maximum absolute atomic E-state index is 12.5. The minimum atomic E-state index is -3.68. The van der Waals surface area contributed by atoms with Gasteiger partial charge in [-0.3, -0.25) is 14.5 Å². The number of amides is 1. The molecule has 2 heterocycles. The SMILES string of the molecule is CC(=O)N1CCCc2cc(S(=O)(=O)Nc3cccnc3)ccc21. The van der Waals surface area contributed by atoms with E-state index in [9.17, 15) is 13.2 Å². The lowest BCUT2D eigenvalue weighted by atomic mass is 10.0. The topological polar surface area (TPSA) is 79.4 Å². The Morgan fingerprint density at radius 3 is 2.83 bits per heavy atom. The number of nitrogens with one attached hydrogen (secondary N) is 1. The standard InChI is InChI=1S/C16H17N3O3S/c1-12(20)19-9-3-4-13-10-15(6-7-16(13)19)23(21,22)18-14-5-2-8-17-11-14/h2,5-8,10-11,18H,3-4,9H2,1H3. The van der Waals surface area contributed by atoms with Crippen molar-refractivity contribution < 1.29 is 13.2 Å². The largest absolute Gasteiger partial charge is 0.312 e. The predicted octanol–water partition coefficient (Wildman–Crippen LogP) is 2.18. The van der Waals surface area contributed by atoms with Crippen LogP contribution in [0.25, 0.3) is 0 Å². The predicted molar refractivity (Wildman–Crippen MR) is 87.8 cm³/mol. The molecule has 0 aliphatic carbocycles. The van der Waals surface area contributed by atoms with Crippen LogP contribution in [-0.4, -0.2) is 25.9 Å². The number of carbonyl (C=O) groups excluding carboxylic acids is 1. The van der Waals surface area contributed by atoms with Crippen LogP contribution < -0.4 is 9.62 Å². The smallest absolute Gasteiger partial charge is 0.261 e. The molecule has 0 fully saturated rings. The van der Waals surface area contributed by atoms with Gasteiger partial charge in [0.05, 0.1) is 16.8 Å². The molecule has 0 spiro atoms. The summed E-state index contributed by atoms with van der Waals surface area (Å²) in [5.41, 5.74) is 2.08. The lowest BCUT2D eigenvalue weighted by Crippen LogP contribution is -2.33. The quantitative estimate of drug-likeness (QED) is 0.935. The Kier molecular flexibility index (Phi) is 4.04. The molecule has 0 saturated carbocycles. The van der Waals surface area contributed by atoms with Crippen LogP contribution in [0.15, 0.2) is 47.6 Å². The van der Waals surface area contributed by atoms with Crippen molar-refractivity contribution in [2.75, 3.05) is 16.2 Å². The normalized spacial score (nSPS) is 14.2. The zero-order valence-electron chi connectivity index (χ0n) is 12.7. The van der Waals surface area contributed by atoms with Crippen molar-refractivity contribution in [3.63, 3.8) is 0 Å². The van der Waals surface area contributed by atoms with Crippen molar-refractivity contribution in [2.24, 2.45) is 0 Å². The molecule has 0 radical (unpaired) electrons. The second kappa shape index (κ2) is 6.00. The summed E-state index contributed by atoms with van der Waals surface area (Å²) in [7, 11) is -3.68. The fraction of sp³-hybridized carbons (Fsp3) is 0.250. The molecule has 0 unspecified atom stereocenters. The molecular weight excluding hydrogens is 314 g/mol. The highest BCUT2D eigenvalue weighted by Gasteiger charge is 2.23. The monoisotopic (exact) mass is 331 g/mol. The van der Waals surface area contributed by atoms with E-state index < -0.39 is 10.0 Å². The average Bonchev–Trinajstić information content (AvgIpc) is 2.54. The number of aromatic nitrogens is 1. The van der Waals surface area contributed by atoms with Crippen LogP contribution in [-0.2, 0) is 21.2 Å². The first-order valence-electron chi connectivity index (χ1n) is 7.31. The highest BCUT2D eigenvalue weighted by molar-refractivity contribution is 7.92. The maximum Gasteiger partial charge on any atom is 0.261 e. The summed E-state index contributed by atoms with van der Waals surface area (Å²) >= 11 is 0.